The van der Waals surface area contributed by atoms with E-state index in [1.807, 2.05) is 36.4 Å². The molecular formula is C19H19N5O2. The largest absolute Gasteiger partial charge is 0.497 e. The molecule has 1 amide bonds. The highest BCUT2D eigenvalue weighted by Gasteiger charge is 2.07. The van der Waals surface area contributed by atoms with Crippen molar-refractivity contribution < 1.29 is 9.53 Å². The van der Waals surface area contributed by atoms with E-state index in [0.29, 0.717) is 24.6 Å². The molecule has 0 saturated heterocycles. The van der Waals surface area contributed by atoms with Crippen molar-refractivity contribution in [1.29, 1.82) is 0 Å². The van der Waals surface area contributed by atoms with Gasteiger partial charge in [0.15, 0.2) is 0 Å². The number of hydrogen-bond acceptors (Lipinski definition) is 6. The zero-order valence-corrected chi connectivity index (χ0v) is 14.3. The zero-order chi connectivity index (χ0) is 18.2. The third-order valence-electron chi connectivity index (χ3n) is 3.70. The summed E-state index contributed by atoms with van der Waals surface area (Å²) in [5.41, 5.74) is 2.41. The van der Waals surface area contributed by atoms with Gasteiger partial charge < -0.3 is 15.4 Å². The summed E-state index contributed by atoms with van der Waals surface area (Å²) in [6, 6.07) is 11.4. The van der Waals surface area contributed by atoms with Crippen molar-refractivity contribution in [2.45, 2.75) is 13.1 Å². The van der Waals surface area contributed by atoms with Crippen LogP contribution in [0.15, 0.2) is 61.2 Å². The van der Waals surface area contributed by atoms with Crippen LogP contribution in [0.2, 0.25) is 0 Å². The van der Waals surface area contributed by atoms with Gasteiger partial charge in [-0.3, -0.25) is 9.78 Å². The van der Waals surface area contributed by atoms with Gasteiger partial charge in [0, 0.05) is 37.9 Å². The van der Waals surface area contributed by atoms with Crippen molar-refractivity contribution >= 4 is 11.9 Å². The van der Waals surface area contributed by atoms with Gasteiger partial charge in [-0.2, -0.15) is 0 Å². The van der Waals surface area contributed by atoms with Crippen LogP contribution in [0.25, 0.3) is 0 Å². The molecule has 0 radical (unpaired) electrons. The fraction of sp³-hybridized carbons (Fsp3) is 0.158. The number of benzene rings is 1. The number of amides is 1. The maximum absolute atomic E-state index is 12.1. The van der Waals surface area contributed by atoms with Crippen LogP contribution in [0.5, 0.6) is 5.75 Å². The third-order valence-corrected chi connectivity index (χ3v) is 3.70. The fourth-order valence-electron chi connectivity index (χ4n) is 2.25. The summed E-state index contributed by atoms with van der Waals surface area (Å²) < 4.78 is 5.13. The Morgan fingerprint density at radius 3 is 2.42 bits per heavy atom. The molecule has 0 aliphatic rings. The van der Waals surface area contributed by atoms with Crippen molar-refractivity contribution in [3.63, 3.8) is 0 Å². The van der Waals surface area contributed by atoms with Crippen LogP contribution in [-0.4, -0.2) is 28.0 Å². The molecule has 2 N–H and O–H groups in total. The number of nitrogens with one attached hydrogen (secondary N) is 2. The van der Waals surface area contributed by atoms with E-state index in [0.717, 1.165) is 16.9 Å². The molecule has 0 bridgehead atoms. The van der Waals surface area contributed by atoms with Crippen LogP contribution in [0.1, 0.15) is 21.5 Å². The minimum atomic E-state index is -0.226. The monoisotopic (exact) mass is 349 g/mol. The fourth-order valence-corrected chi connectivity index (χ4v) is 2.25. The second-order valence-electron chi connectivity index (χ2n) is 5.54. The van der Waals surface area contributed by atoms with Gasteiger partial charge in [-0.25, -0.2) is 9.97 Å². The number of rotatable bonds is 7. The summed E-state index contributed by atoms with van der Waals surface area (Å²) in [6.07, 6.45) is 6.41. The highest BCUT2D eigenvalue weighted by atomic mass is 16.5. The number of carbonyl (C=O) groups excluding carboxylic acids is 1. The molecule has 3 rings (SSSR count). The minimum absolute atomic E-state index is 0.226. The lowest BCUT2D eigenvalue weighted by Crippen LogP contribution is -2.23. The van der Waals surface area contributed by atoms with E-state index in [4.69, 9.17) is 4.74 Å². The Bertz CT molecular complexity index is 836. The summed E-state index contributed by atoms with van der Waals surface area (Å²) in [6.45, 7) is 0.987. The molecule has 0 spiro atoms. The number of methoxy groups -OCH3 is 1. The molecule has 1 aromatic carbocycles. The number of aromatic nitrogens is 3. The van der Waals surface area contributed by atoms with Gasteiger partial charge in [0.2, 0.25) is 5.95 Å². The quantitative estimate of drug-likeness (QED) is 0.681. The molecule has 0 aliphatic heterocycles. The predicted molar refractivity (Wildman–Crippen MR) is 97.8 cm³/mol. The molecule has 0 saturated carbocycles. The van der Waals surface area contributed by atoms with Gasteiger partial charge in [-0.15, -0.1) is 0 Å². The zero-order valence-electron chi connectivity index (χ0n) is 14.3. The molecule has 7 nitrogen and oxygen atoms in total. The molecule has 0 unspecified atom stereocenters. The average molecular weight is 349 g/mol. The van der Waals surface area contributed by atoms with Gasteiger partial charge in [-0.1, -0.05) is 18.2 Å². The highest BCUT2D eigenvalue weighted by Crippen LogP contribution is 2.12. The van der Waals surface area contributed by atoms with E-state index in [1.165, 1.54) is 12.4 Å². The summed E-state index contributed by atoms with van der Waals surface area (Å²) in [4.78, 5) is 24.5. The Balaban J connectivity index is 1.51. The van der Waals surface area contributed by atoms with E-state index >= 15 is 0 Å². The van der Waals surface area contributed by atoms with Gasteiger partial charge in [0.1, 0.15) is 5.75 Å². The van der Waals surface area contributed by atoms with E-state index in [-0.39, 0.29) is 5.91 Å². The molecule has 0 fully saturated rings. The highest BCUT2D eigenvalue weighted by molar-refractivity contribution is 5.93. The van der Waals surface area contributed by atoms with Gasteiger partial charge in [-0.05, 0) is 29.3 Å². The van der Waals surface area contributed by atoms with Crippen LogP contribution in [0.4, 0.5) is 5.95 Å². The first-order chi connectivity index (χ1) is 12.7. The lowest BCUT2D eigenvalue weighted by Gasteiger charge is -2.07. The van der Waals surface area contributed by atoms with Crippen molar-refractivity contribution in [1.82, 2.24) is 20.3 Å². The van der Waals surface area contributed by atoms with E-state index in [9.17, 15) is 4.79 Å². The van der Waals surface area contributed by atoms with Gasteiger partial charge in [0.05, 0.1) is 12.7 Å². The molecular weight excluding hydrogens is 330 g/mol. The Morgan fingerprint density at radius 1 is 1.00 bits per heavy atom. The van der Waals surface area contributed by atoms with E-state index in [1.54, 1.807) is 19.5 Å². The van der Waals surface area contributed by atoms with Crippen molar-refractivity contribution in [2.75, 3.05) is 12.4 Å². The Kier molecular flexibility index (Phi) is 5.72. The van der Waals surface area contributed by atoms with Crippen molar-refractivity contribution in [3.05, 3.63) is 77.9 Å². The topological polar surface area (TPSA) is 89.0 Å². The van der Waals surface area contributed by atoms with Gasteiger partial charge in [0.25, 0.3) is 5.91 Å². The molecule has 7 heteroatoms. The standard InChI is InChI=1S/C19H19N5O2/c1-26-17-6-4-14(5-7-17)10-22-19-23-12-16(13-24-19)18(25)21-11-15-3-2-8-20-9-15/h2-9,12-13H,10-11H2,1H3,(H,21,25)(H,22,23,24). The second kappa shape index (κ2) is 8.57. The first kappa shape index (κ1) is 17.3. The smallest absolute Gasteiger partial charge is 0.254 e. The van der Waals surface area contributed by atoms with Crippen molar-refractivity contribution in [3.8, 4) is 5.75 Å². The minimum Gasteiger partial charge on any atom is -0.497 e. The van der Waals surface area contributed by atoms with E-state index < -0.39 is 0 Å². The first-order valence-electron chi connectivity index (χ1n) is 8.10. The molecule has 3 aromatic rings. The van der Waals surface area contributed by atoms with Crippen LogP contribution in [-0.2, 0) is 13.1 Å². The number of hydrogen-bond donors (Lipinski definition) is 2. The number of nitrogens with zero attached hydrogens (tertiary/aromatic N) is 3. The maximum atomic E-state index is 12.1. The molecule has 132 valence electrons. The van der Waals surface area contributed by atoms with Crippen LogP contribution in [0.3, 0.4) is 0 Å². The maximum Gasteiger partial charge on any atom is 0.254 e. The summed E-state index contributed by atoms with van der Waals surface area (Å²) in [5, 5.41) is 5.93. The molecule has 0 atom stereocenters. The molecule has 2 aromatic heterocycles. The normalized spacial score (nSPS) is 10.2. The molecule has 0 aliphatic carbocycles. The number of carbonyl (C=O) groups is 1. The number of ether oxygens (including phenoxy) is 1. The Morgan fingerprint density at radius 2 is 1.77 bits per heavy atom. The molecule has 2 heterocycles. The number of anilines is 1. The average Bonchev–Trinajstić information content (AvgIpc) is 2.72. The second-order valence-corrected chi connectivity index (χ2v) is 5.54. The summed E-state index contributed by atoms with van der Waals surface area (Å²) in [7, 11) is 1.63. The molecule has 26 heavy (non-hydrogen) atoms. The SMILES string of the molecule is COc1ccc(CNc2ncc(C(=O)NCc3cccnc3)cn2)cc1. The van der Waals surface area contributed by atoms with Crippen molar-refractivity contribution in [2.24, 2.45) is 0 Å². The predicted octanol–water partition coefficient (Wildman–Crippen LogP) is 2.42. The lowest BCUT2D eigenvalue weighted by molar-refractivity contribution is 0.0950. The third kappa shape index (κ3) is 4.76. The Hall–Kier alpha value is -3.48. The van der Waals surface area contributed by atoms with Crippen LogP contribution in [0, 0.1) is 0 Å². The summed E-state index contributed by atoms with van der Waals surface area (Å²) >= 11 is 0. The Labute approximate surface area is 151 Å². The van der Waals surface area contributed by atoms with Crippen LogP contribution >= 0.6 is 0 Å². The van der Waals surface area contributed by atoms with Crippen LogP contribution < -0.4 is 15.4 Å². The van der Waals surface area contributed by atoms with E-state index in [2.05, 4.69) is 25.6 Å². The summed E-state index contributed by atoms with van der Waals surface area (Å²) in [5.74, 6) is 1.05. The number of pyridine rings is 1. The first-order valence-corrected chi connectivity index (χ1v) is 8.10. The lowest BCUT2D eigenvalue weighted by atomic mass is 10.2. The van der Waals surface area contributed by atoms with Gasteiger partial charge >= 0.3 is 0 Å².